The van der Waals surface area contributed by atoms with Crippen molar-refractivity contribution in [2.24, 2.45) is 11.8 Å². The molecule has 3 heteroatoms. The first-order valence-corrected chi connectivity index (χ1v) is 6.34. The lowest BCUT2D eigenvalue weighted by molar-refractivity contribution is 0.258. The second-order valence-electron chi connectivity index (χ2n) is 5.56. The summed E-state index contributed by atoms with van der Waals surface area (Å²) in [4.78, 5) is 2.18. The zero-order valence-electron chi connectivity index (χ0n) is 10.8. The van der Waals surface area contributed by atoms with Crippen molar-refractivity contribution in [1.82, 2.24) is 4.90 Å². The highest BCUT2D eigenvalue weighted by Gasteiger charge is 2.25. The minimum Gasteiger partial charge on any atom is -0.435 e. The molecule has 0 aromatic heterocycles. The maximum absolute atomic E-state index is 5.97. The van der Waals surface area contributed by atoms with Gasteiger partial charge in [-0.25, -0.2) is 0 Å². The van der Waals surface area contributed by atoms with Gasteiger partial charge in [-0.05, 0) is 38.6 Å². The van der Waals surface area contributed by atoms with E-state index in [0.29, 0.717) is 6.92 Å². The number of nitrogens with zero attached hydrogens (tertiary/aromatic N) is 1. The Morgan fingerprint density at radius 1 is 1.13 bits per heavy atom. The zero-order valence-corrected chi connectivity index (χ0v) is 10.8. The number of likely N-dealkylation sites (N-methyl/N-ethyl adjacent to an activating group) is 1. The molecule has 2 atom stereocenters. The van der Waals surface area contributed by atoms with Crippen molar-refractivity contribution in [2.75, 3.05) is 27.2 Å². The van der Waals surface area contributed by atoms with Crippen molar-refractivity contribution >= 4 is 6.92 Å². The molecule has 2 nitrogen and oxygen atoms in total. The van der Waals surface area contributed by atoms with E-state index in [-0.39, 0.29) is 0 Å². The van der Waals surface area contributed by atoms with Gasteiger partial charge < -0.3 is 9.55 Å². The molecule has 0 spiro atoms. The third-order valence-electron chi connectivity index (χ3n) is 3.37. The van der Waals surface area contributed by atoms with Crippen LogP contribution < -0.4 is 0 Å². The van der Waals surface area contributed by atoms with E-state index in [0.717, 1.165) is 25.0 Å². The summed E-state index contributed by atoms with van der Waals surface area (Å²) in [5.74, 6) is 1.69. The lowest BCUT2D eigenvalue weighted by atomic mass is 9.57. The van der Waals surface area contributed by atoms with Gasteiger partial charge in [-0.15, -0.1) is 0 Å². The van der Waals surface area contributed by atoms with E-state index in [2.05, 4.69) is 32.8 Å². The van der Waals surface area contributed by atoms with Crippen molar-refractivity contribution in [1.29, 1.82) is 0 Å². The van der Waals surface area contributed by atoms with E-state index in [4.69, 9.17) is 4.65 Å². The summed E-state index contributed by atoms with van der Waals surface area (Å²) in [6.07, 6.45) is 5.29. The van der Waals surface area contributed by atoms with Crippen LogP contribution in [-0.2, 0) is 4.65 Å². The molecule has 88 valence electrons. The van der Waals surface area contributed by atoms with Crippen LogP contribution >= 0.6 is 0 Å². The molecule has 15 heavy (non-hydrogen) atoms. The molecule has 0 N–H and O–H groups in total. The van der Waals surface area contributed by atoms with Gasteiger partial charge in [0.1, 0.15) is 0 Å². The molecule has 2 unspecified atom stereocenters. The van der Waals surface area contributed by atoms with Gasteiger partial charge in [0, 0.05) is 13.2 Å². The van der Waals surface area contributed by atoms with Crippen LogP contribution in [0.25, 0.3) is 0 Å². The van der Waals surface area contributed by atoms with E-state index >= 15 is 0 Å². The summed E-state index contributed by atoms with van der Waals surface area (Å²) in [6.45, 7) is 7.16. The largest absolute Gasteiger partial charge is 0.435 e. The highest BCUT2D eigenvalue weighted by atomic mass is 16.4. The van der Waals surface area contributed by atoms with E-state index in [9.17, 15) is 0 Å². The van der Waals surface area contributed by atoms with Crippen LogP contribution in [0, 0.1) is 11.8 Å². The maximum Gasteiger partial charge on any atom is 0.293 e. The smallest absolute Gasteiger partial charge is 0.293 e. The van der Waals surface area contributed by atoms with Crippen LogP contribution in [0.15, 0.2) is 0 Å². The van der Waals surface area contributed by atoms with Crippen molar-refractivity contribution in [2.45, 2.75) is 39.3 Å². The molecule has 0 radical (unpaired) electrons. The molecule has 1 aliphatic rings. The van der Waals surface area contributed by atoms with E-state index in [1.807, 2.05) is 0 Å². The molecular weight excluding hydrogens is 185 g/mol. The standard InChI is InChI=1S/C12H26BNO/c1-11-5-6-12(2)10-13(9-11)15-8-7-14(3)4/h11-12H,5-10H2,1-4H3. The summed E-state index contributed by atoms with van der Waals surface area (Å²) in [7, 11) is 4.20. The van der Waals surface area contributed by atoms with Gasteiger partial charge in [0.15, 0.2) is 0 Å². The molecule has 1 saturated heterocycles. The van der Waals surface area contributed by atoms with Gasteiger partial charge in [0.05, 0.1) is 0 Å². The molecule has 0 amide bonds. The Balaban J connectivity index is 2.25. The molecule has 0 aromatic rings. The Hall–Kier alpha value is -0.0151. The van der Waals surface area contributed by atoms with Gasteiger partial charge >= 0.3 is 0 Å². The van der Waals surface area contributed by atoms with Crippen molar-refractivity contribution < 1.29 is 4.65 Å². The van der Waals surface area contributed by atoms with Crippen molar-refractivity contribution in [3.63, 3.8) is 0 Å². The molecular formula is C12H26BNO. The van der Waals surface area contributed by atoms with Gasteiger partial charge in [-0.3, -0.25) is 0 Å². The highest BCUT2D eigenvalue weighted by Crippen LogP contribution is 2.28. The predicted octanol–water partition coefficient (Wildman–Crippen LogP) is 2.62. The molecule has 1 rings (SSSR count). The topological polar surface area (TPSA) is 12.5 Å². The highest BCUT2D eigenvalue weighted by molar-refractivity contribution is 6.52. The molecule has 1 aliphatic heterocycles. The van der Waals surface area contributed by atoms with Crippen LogP contribution in [0.3, 0.4) is 0 Å². The molecule has 0 aromatic carbocycles. The molecule has 0 aliphatic carbocycles. The summed E-state index contributed by atoms with van der Waals surface area (Å²) in [5.41, 5.74) is 0. The average molecular weight is 211 g/mol. The van der Waals surface area contributed by atoms with Crippen LogP contribution in [0.5, 0.6) is 0 Å². The van der Waals surface area contributed by atoms with Crippen LogP contribution in [-0.4, -0.2) is 39.1 Å². The molecule has 1 heterocycles. The first kappa shape index (κ1) is 13.1. The number of hydrogen-bond donors (Lipinski definition) is 0. The van der Waals surface area contributed by atoms with Gasteiger partial charge in [0.2, 0.25) is 0 Å². The van der Waals surface area contributed by atoms with E-state index in [1.165, 1.54) is 25.5 Å². The van der Waals surface area contributed by atoms with Crippen molar-refractivity contribution in [3.05, 3.63) is 0 Å². The number of rotatable bonds is 4. The lowest BCUT2D eigenvalue weighted by Crippen LogP contribution is -2.26. The Morgan fingerprint density at radius 3 is 2.13 bits per heavy atom. The Labute approximate surface area is 95.5 Å². The summed E-state index contributed by atoms with van der Waals surface area (Å²) >= 11 is 0. The van der Waals surface area contributed by atoms with Crippen molar-refractivity contribution in [3.8, 4) is 0 Å². The molecule has 0 saturated carbocycles. The Morgan fingerprint density at radius 2 is 1.67 bits per heavy atom. The normalized spacial score (nSPS) is 28.2. The Bertz CT molecular complexity index is 163. The van der Waals surface area contributed by atoms with Crippen LogP contribution in [0.2, 0.25) is 12.6 Å². The fourth-order valence-corrected chi connectivity index (χ4v) is 2.34. The summed E-state index contributed by atoms with van der Waals surface area (Å²) in [5, 5.41) is 0. The van der Waals surface area contributed by atoms with E-state index in [1.54, 1.807) is 0 Å². The van der Waals surface area contributed by atoms with E-state index < -0.39 is 0 Å². The zero-order chi connectivity index (χ0) is 11.3. The van der Waals surface area contributed by atoms with Gasteiger partial charge in [-0.2, -0.15) is 0 Å². The van der Waals surface area contributed by atoms with Gasteiger partial charge in [-0.1, -0.05) is 26.7 Å². The SMILES string of the molecule is CC1CCC(C)CB(OCCN(C)C)C1. The summed E-state index contributed by atoms with van der Waals surface area (Å²) in [6, 6.07) is 0. The first-order valence-electron chi connectivity index (χ1n) is 6.34. The molecule has 0 bridgehead atoms. The third kappa shape index (κ3) is 5.57. The number of hydrogen-bond acceptors (Lipinski definition) is 2. The van der Waals surface area contributed by atoms with Crippen LogP contribution in [0.4, 0.5) is 0 Å². The minimum atomic E-state index is 0.512. The fourth-order valence-electron chi connectivity index (χ4n) is 2.34. The average Bonchev–Trinajstić information content (AvgIpc) is 2.27. The molecule has 1 fully saturated rings. The second-order valence-corrected chi connectivity index (χ2v) is 5.56. The second kappa shape index (κ2) is 6.54. The lowest BCUT2D eigenvalue weighted by Gasteiger charge is -2.17. The minimum absolute atomic E-state index is 0.512. The fraction of sp³-hybridized carbons (Fsp3) is 1.00. The maximum atomic E-state index is 5.97. The quantitative estimate of drug-likeness (QED) is 0.663. The first-order chi connectivity index (χ1) is 7.08. The van der Waals surface area contributed by atoms with Gasteiger partial charge in [0.25, 0.3) is 6.92 Å². The monoisotopic (exact) mass is 211 g/mol. The summed E-state index contributed by atoms with van der Waals surface area (Å²) < 4.78 is 5.97. The Kier molecular flexibility index (Phi) is 5.69. The van der Waals surface area contributed by atoms with Crippen LogP contribution in [0.1, 0.15) is 26.7 Å². The predicted molar refractivity (Wildman–Crippen MR) is 67.4 cm³/mol. The third-order valence-corrected chi connectivity index (χ3v) is 3.37.